The summed E-state index contributed by atoms with van der Waals surface area (Å²) in [7, 11) is -0.207. The van der Waals surface area contributed by atoms with E-state index in [4.69, 9.17) is 4.74 Å². The van der Waals surface area contributed by atoms with Crippen LogP contribution in [0.15, 0.2) is 24.3 Å². The molecule has 1 aromatic carbocycles. The lowest BCUT2D eigenvalue weighted by atomic mass is 10.3. The second kappa shape index (κ2) is 6.77. The minimum atomic E-state index is -3.35. The Morgan fingerprint density at radius 2 is 1.89 bits per heavy atom. The van der Waals surface area contributed by atoms with Gasteiger partial charge in [-0.05, 0) is 37.7 Å². The lowest BCUT2D eigenvalue weighted by Gasteiger charge is -2.24. The second-order valence-electron chi connectivity index (χ2n) is 4.33. The third-order valence-electron chi connectivity index (χ3n) is 3.01. The highest BCUT2D eigenvalue weighted by molar-refractivity contribution is 7.93. The number of sulfonamides is 1. The molecule has 0 saturated heterocycles. The molecule has 1 rings (SSSR count). The molecule has 0 aliphatic carbocycles. The molecule has 19 heavy (non-hydrogen) atoms. The van der Waals surface area contributed by atoms with Gasteiger partial charge < -0.3 is 10.1 Å². The molecule has 0 saturated carbocycles. The van der Waals surface area contributed by atoms with E-state index in [1.54, 1.807) is 45.3 Å². The first-order valence-corrected chi connectivity index (χ1v) is 7.76. The zero-order chi connectivity index (χ0) is 14.5. The third kappa shape index (κ3) is 3.84. The first-order valence-electron chi connectivity index (χ1n) is 6.26. The molecule has 1 atom stereocenters. The van der Waals surface area contributed by atoms with Crippen molar-refractivity contribution in [3.63, 3.8) is 0 Å². The van der Waals surface area contributed by atoms with E-state index in [0.29, 0.717) is 18.0 Å². The normalized spacial score (nSPS) is 13.1. The van der Waals surface area contributed by atoms with Gasteiger partial charge in [-0.1, -0.05) is 6.92 Å². The first-order chi connectivity index (χ1) is 8.93. The molecule has 6 heteroatoms. The van der Waals surface area contributed by atoms with Crippen molar-refractivity contribution in [3.8, 4) is 5.75 Å². The maximum Gasteiger partial charge on any atom is 0.238 e. The van der Waals surface area contributed by atoms with E-state index in [1.807, 2.05) is 6.92 Å². The van der Waals surface area contributed by atoms with Gasteiger partial charge in [0.25, 0.3) is 0 Å². The Hall–Kier alpha value is -1.27. The van der Waals surface area contributed by atoms with Gasteiger partial charge in [0.05, 0.1) is 18.0 Å². The van der Waals surface area contributed by atoms with Crippen LogP contribution in [0, 0.1) is 0 Å². The number of hydrogen-bond acceptors (Lipinski definition) is 4. The van der Waals surface area contributed by atoms with Crippen molar-refractivity contribution in [3.05, 3.63) is 24.3 Å². The Balaban J connectivity index is 2.87. The van der Waals surface area contributed by atoms with Crippen LogP contribution >= 0.6 is 0 Å². The number of benzene rings is 1. The van der Waals surface area contributed by atoms with Crippen LogP contribution in [-0.4, -0.2) is 40.9 Å². The second-order valence-corrected chi connectivity index (χ2v) is 6.71. The standard InChI is InChI=1S/C13H22N2O3S/c1-5-14-10-11(2)19(16,17)15(3)12-6-8-13(18-4)9-7-12/h6-9,11,14H,5,10H2,1-4H3. The molecule has 1 unspecified atom stereocenters. The van der Waals surface area contributed by atoms with Gasteiger partial charge in [-0.25, -0.2) is 8.42 Å². The third-order valence-corrected chi connectivity index (χ3v) is 5.17. The number of anilines is 1. The van der Waals surface area contributed by atoms with Gasteiger partial charge in [-0.2, -0.15) is 0 Å². The SMILES string of the molecule is CCNCC(C)S(=O)(=O)N(C)c1ccc(OC)cc1. The molecule has 0 spiro atoms. The maximum atomic E-state index is 12.3. The van der Waals surface area contributed by atoms with Crippen LogP contribution in [0.1, 0.15) is 13.8 Å². The molecular weight excluding hydrogens is 264 g/mol. The molecule has 0 radical (unpaired) electrons. The van der Waals surface area contributed by atoms with E-state index >= 15 is 0 Å². The van der Waals surface area contributed by atoms with E-state index in [1.165, 1.54) is 4.31 Å². The van der Waals surface area contributed by atoms with Gasteiger partial charge in [0.15, 0.2) is 0 Å². The fraction of sp³-hybridized carbons (Fsp3) is 0.538. The van der Waals surface area contributed by atoms with Crippen molar-refractivity contribution in [1.29, 1.82) is 0 Å². The molecule has 0 aliphatic rings. The highest BCUT2D eigenvalue weighted by atomic mass is 32.2. The van der Waals surface area contributed by atoms with Gasteiger partial charge in [0.1, 0.15) is 5.75 Å². The van der Waals surface area contributed by atoms with Gasteiger partial charge >= 0.3 is 0 Å². The highest BCUT2D eigenvalue weighted by Crippen LogP contribution is 2.22. The van der Waals surface area contributed by atoms with Gasteiger partial charge in [-0.15, -0.1) is 0 Å². The summed E-state index contributed by atoms with van der Waals surface area (Å²) in [4.78, 5) is 0. The van der Waals surface area contributed by atoms with E-state index in [2.05, 4.69) is 5.32 Å². The van der Waals surface area contributed by atoms with E-state index in [-0.39, 0.29) is 0 Å². The Morgan fingerprint density at radius 3 is 2.37 bits per heavy atom. The van der Waals surface area contributed by atoms with Crippen LogP contribution in [0.2, 0.25) is 0 Å². The Kier molecular flexibility index (Phi) is 5.62. The van der Waals surface area contributed by atoms with Crippen molar-refractivity contribution in [1.82, 2.24) is 5.32 Å². The molecular formula is C13H22N2O3S. The lowest BCUT2D eigenvalue weighted by Crippen LogP contribution is -2.40. The molecule has 108 valence electrons. The minimum absolute atomic E-state index is 0.444. The molecule has 0 bridgehead atoms. The maximum absolute atomic E-state index is 12.3. The highest BCUT2D eigenvalue weighted by Gasteiger charge is 2.25. The van der Waals surface area contributed by atoms with Crippen molar-refractivity contribution in [2.24, 2.45) is 0 Å². The molecule has 5 nitrogen and oxygen atoms in total. The zero-order valence-corrected chi connectivity index (χ0v) is 12.7. The van der Waals surface area contributed by atoms with E-state index < -0.39 is 15.3 Å². The number of nitrogens with zero attached hydrogens (tertiary/aromatic N) is 1. The molecule has 0 aliphatic heterocycles. The summed E-state index contributed by atoms with van der Waals surface area (Å²) in [5.74, 6) is 0.704. The molecule has 0 fully saturated rings. The van der Waals surface area contributed by atoms with Crippen molar-refractivity contribution < 1.29 is 13.2 Å². The predicted octanol–water partition coefficient (Wildman–Crippen LogP) is 1.46. The molecule has 1 aromatic rings. The topological polar surface area (TPSA) is 58.6 Å². The summed E-state index contributed by atoms with van der Waals surface area (Å²) in [5, 5.41) is 2.58. The van der Waals surface area contributed by atoms with Gasteiger partial charge in [-0.3, -0.25) is 4.31 Å². The average molecular weight is 286 g/mol. The molecule has 0 aromatic heterocycles. The van der Waals surface area contributed by atoms with Crippen LogP contribution in [-0.2, 0) is 10.0 Å². The zero-order valence-electron chi connectivity index (χ0n) is 11.9. The lowest BCUT2D eigenvalue weighted by molar-refractivity contribution is 0.415. The summed E-state index contributed by atoms with van der Waals surface area (Å²) in [5.41, 5.74) is 0.629. The number of hydrogen-bond donors (Lipinski definition) is 1. The van der Waals surface area contributed by atoms with Crippen LogP contribution in [0.4, 0.5) is 5.69 Å². The summed E-state index contributed by atoms with van der Waals surface area (Å²) in [6.07, 6.45) is 0. The summed E-state index contributed by atoms with van der Waals surface area (Å²) >= 11 is 0. The van der Waals surface area contributed by atoms with Crippen molar-refractivity contribution in [2.75, 3.05) is 31.6 Å². The summed E-state index contributed by atoms with van der Waals surface area (Å²) < 4.78 is 31.1. The largest absolute Gasteiger partial charge is 0.497 e. The molecule has 0 amide bonds. The fourth-order valence-electron chi connectivity index (χ4n) is 1.66. The Labute approximate surface area is 115 Å². The van der Waals surface area contributed by atoms with E-state index in [0.717, 1.165) is 6.54 Å². The van der Waals surface area contributed by atoms with Crippen LogP contribution in [0.25, 0.3) is 0 Å². The Morgan fingerprint density at radius 1 is 1.32 bits per heavy atom. The number of ether oxygens (including phenoxy) is 1. The van der Waals surface area contributed by atoms with Gasteiger partial charge in [0.2, 0.25) is 10.0 Å². The monoisotopic (exact) mass is 286 g/mol. The molecule has 0 heterocycles. The first kappa shape index (κ1) is 15.8. The Bertz CT molecular complexity index is 485. The van der Waals surface area contributed by atoms with Crippen LogP contribution in [0.5, 0.6) is 5.75 Å². The average Bonchev–Trinajstić information content (AvgIpc) is 2.43. The fourth-order valence-corrected chi connectivity index (χ4v) is 2.95. The van der Waals surface area contributed by atoms with E-state index in [9.17, 15) is 8.42 Å². The minimum Gasteiger partial charge on any atom is -0.497 e. The predicted molar refractivity (Wildman–Crippen MR) is 78.3 cm³/mol. The van der Waals surface area contributed by atoms with Gasteiger partial charge in [0, 0.05) is 13.6 Å². The number of methoxy groups -OCH3 is 1. The van der Waals surface area contributed by atoms with Crippen molar-refractivity contribution >= 4 is 15.7 Å². The van der Waals surface area contributed by atoms with Crippen LogP contribution in [0.3, 0.4) is 0 Å². The smallest absolute Gasteiger partial charge is 0.238 e. The van der Waals surface area contributed by atoms with Crippen LogP contribution < -0.4 is 14.4 Å². The molecule has 1 N–H and O–H groups in total. The quantitative estimate of drug-likeness (QED) is 0.824. The summed E-state index contributed by atoms with van der Waals surface area (Å²) in [6, 6.07) is 6.96. The van der Waals surface area contributed by atoms with Crippen molar-refractivity contribution in [2.45, 2.75) is 19.1 Å². The number of rotatable bonds is 7. The number of nitrogens with one attached hydrogen (secondary N) is 1. The summed E-state index contributed by atoms with van der Waals surface area (Å²) in [6.45, 7) is 4.86.